The Bertz CT molecular complexity index is 1440. The first kappa shape index (κ1) is 24.9. The molecule has 1 aliphatic carbocycles. The fourth-order valence-corrected chi connectivity index (χ4v) is 5.09. The molecule has 1 aromatic heterocycles. The summed E-state index contributed by atoms with van der Waals surface area (Å²) in [5, 5.41) is 16.9. The quantitative estimate of drug-likeness (QED) is 0.357. The number of aromatic hydroxyl groups is 1. The number of alkyl halides is 3. The maximum atomic E-state index is 14.3. The number of phenolic OH excluding ortho intramolecular Hbond substituents is 1. The van der Waals surface area contributed by atoms with Crippen LogP contribution in [0.1, 0.15) is 29.5 Å². The molecule has 1 saturated heterocycles. The molecule has 0 unspecified atom stereocenters. The number of imide groups is 1. The highest BCUT2D eigenvalue weighted by Crippen LogP contribution is 2.53. The Hall–Kier alpha value is -3.75. The summed E-state index contributed by atoms with van der Waals surface area (Å²) in [6.45, 7) is -0.482. The van der Waals surface area contributed by atoms with E-state index in [0.717, 1.165) is 17.0 Å². The van der Waals surface area contributed by atoms with E-state index in [9.17, 15) is 45.4 Å². The number of halogens is 7. The van der Waals surface area contributed by atoms with Gasteiger partial charge < -0.3 is 10.0 Å². The van der Waals surface area contributed by atoms with E-state index in [4.69, 9.17) is 0 Å². The molecule has 37 heavy (non-hydrogen) atoms. The fourth-order valence-electron chi connectivity index (χ4n) is 4.24. The van der Waals surface area contributed by atoms with E-state index in [-0.39, 0.29) is 39.4 Å². The van der Waals surface area contributed by atoms with Gasteiger partial charge in [-0.3, -0.25) is 4.79 Å². The van der Waals surface area contributed by atoms with Gasteiger partial charge >= 0.3 is 12.2 Å². The molecule has 0 bridgehead atoms. The first-order valence-corrected chi connectivity index (χ1v) is 11.3. The van der Waals surface area contributed by atoms with E-state index in [1.165, 1.54) is 0 Å². The fraction of sp³-hybridized carbons (Fsp3) is 0.273. The maximum Gasteiger partial charge on any atom is 0.413 e. The monoisotopic (exact) mass is 546 g/mol. The molecule has 1 atom stereocenters. The third-order valence-corrected chi connectivity index (χ3v) is 7.12. The topological polar surface area (TPSA) is 86.6 Å². The standard InChI is InChI=1S/C22H13F7N4O3S/c23-9-1-2-10(13(25)7-9)17(22(27,28)29)33-19(35)21(5-6-21)32(20(33)36)8-14-30-31-18(37-14)11-3-4-12(24)16(34)15(11)26/h1-4,7,17,34H,5-6,8H2/t17-/m1/s1. The van der Waals surface area contributed by atoms with Gasteiger partial charge in [-0.1, -0.05) is 17.4 Å². The van der Waals surface area contributed by atoms with Crippen molar-refractivity contribution < 1.29 is 45.4 Å². The number of rotatable bonds is 5. The summed E-state index contributed by atoms with van der Waals surface area (Å²) in [5.41, 5.74) is -3.02. The second kappa shape index (κ2) is 8.39. The number of amides is 3. The molecular weight excluding hydrogens is 533 g/mol. The van der Waals surface area contributed by atoms with Gasteiger partial charge in [0.05, 0.1) is 12.1 Å². The van der Waals surface area contributed by atoms with Crippen molar-refractivity contribution in [1.29, 1.82) is 0 Å². The number of phenols is 1. The number of hydrogen-bond acceptors (Lipinski definition) is 6. The maximum absolute atomic E-state index is 14.3. The summed E-state index contributed by atoms with van der Waals surface area (Å²) < 4.78 is 97.5. The molecule has 2 aromatic carbocycles. The summed E-state index contributed by atoms with van der Waals surface area (Å²) in [6, 6.07) is -1.25. The average Bonchev–Trinajstić information content (AvgIpc) is 3.45. The van der Waals surface area contributed by atoms with Gasteiger partial charge in [0.15, 0.2) is 28.4 Å². The number of nitrogens with zero attached hydrogens (tertiary/aromatic N) is 4. The lowest BCUT2D eigenvalue weighted by atomic mass is 10.0. The summed E-state index contributed by atoms with van der Waals surface area (Å²) in [5.74, 6) is -7.67. The highest BCUT2D eigenvalue weighted by atomic mass is 32.1. The van der Waals surface area contributed by atoms with Crippen LogP contribution < -0.4 is 0 Å². The molecule has 2 heterocycles. The van der Waals surface area contributed by atoms with Crippen LogP contribution in [0.2, 0.25) is 0 Å². The predicted octanol–water partition coefficient (Wildman–Crippen LogP) is 5.07. The van der Waals surface area contributed by atoms with Crippen molar-refractivity contribution in [2.24, 2.45) is 0 Å². The average molecular weight is 546 g/mol. The first-order chi connectivity index (χ1) is 17.3. The normalized spacial score (nSPS) is 17.7. The zero-order valence-electron chi connectivity index (χ0n) is 18.2. The third kappa shape index (κ3) is 3.97. The number of benzene rings is 2. The van der Waals surface area contributed by atoms with E-state index in [2.05, 4.69) is 10.2 Å². The Morgan fingerprint density at radius 3 is 2.35 bits per heavy atom. The molecule has 1 aliphatic heterocycles. The second-order valence-corrected chi connectivity index (χ2v) is 9.51. The van der Waals surface area contributed by atoms with Gasteiger partial charge in [0.1, 0.15) is 22.2 Å². The number of urea groups is 1. The van der Waals surface area contributed by atoms with Gasteiger partial charge in [0.2, 0.25) is 0 Å². The molecule has 1 N–H and O–H groups in total. The van der Waals surface area contributed by atoms with Crippen molar-refractivity contribution in [2.45, 2.75) is 37.1 Å². The molecule has 5 rings (SSSR count). The van der Waals surface area contributed by atoms with Crippen molar-refractivity contribution in [3.8, 4) is 16.3 Å². The molecule has 1 saturated carbocycles. The van der Waals surface area contributed by atoms with Gasteiger partial charge in [-0.15, -0.1) is 10.2 Å². The van der Waals surface area contributed by atoms with Gasteiger partial charge in [-0.05, 0) is 31.0 Å². The molecule has 15 heteroatoms. The lowest BCUT2D eigenvalue weighted by molar-refractivity contribution is -0.183. The van der Waals surface area contributed by atoms with Crippen molar-refractivity contribution in [3.63, 3.8) is 0 Å². The minimum absolute atomic E-state index is 0.00371. The summed E-state index contributed by atoms with van der Waals surface area (Å²) >= 11 is 0.706. The van der Waals surface area contributed by atoms with Crippen LogP contribution in [-0.4, -0.2) is 48.8 Å². The summed E-state index contributed by atoms with van der Waals surface area (Å²) in [7, 11) is 0. The van der Waals surface area contributed by atoms with E-state index in [1.807, 2.05) is 0 Å². The van der Waals surface area contributed by atoms with Crippen LogP contribution >= 0.6 is 11.3 Å². The largest absolute Gasteiger partial charge is 0.503 e. The Morgan fingerprint density at radius 1 is 1.03 bits per heavy atom. The van der Waals surface area contributed by atoms with Gasteiger partial charge in [0, 0.05) is 11.6 Å². The van der Waals surface area contributed by atoms with Crippen LogP contribution in [0.4, 0.5) is 35.5 Å². The van der Waals surface area contributed by atoms with Crippen LogP contribution in [0.3, 0.4) is 0 Å². The zero-order valence-corrected chi connectivity index (χ0v) is 19.0. The van der Waals surface area contributed by atoms with Crippen molar-refractivity contribution in [2.75, 3.05) is 0 Å². The number of aromatic nitrogens is 2. The zero-order chi connectivity index (χ0) is 26.9. The molecule has 1 spiro atoms. The molecule has 3 amide bonds. The minimum Gasteiger partial charge on any atom is -0.503 e. The molecule has 2 fully saturated rings. The van der Waals surface area contributed by atoms with Gasteiger partial charge in [0.25, 0.3) is 5.91 Å². The Balaban J connectivity index is 1.48. The predicted molar refractivity (Wildman–Crippen MR) is 112 cm³/mol. The van der Waals surface area contributed by atoms with Crippen molar-refractivity contribution in [1.82, 2.24) is 20.0 Å². The molecule has 0 radical (unpaired) electrons. The van der Waals surface area contributed by atoms with Crippen LogP contribution in [0.25, 0.3) is 10.6 Å². The van der Waals surface area contributed by atoms with Crippen LogP contribution in [0.5, 0.6) is 5.75 Å². The lowest BCUT2D eigenvalue weighted by Gasteiger charge is -2.28. The third-order valence-electron chi connectivity index (χ3n) is 6.18. The molecular formula is C22H13F7N4O3S. The van der Waals surface area contributed by atoms with Crippen LogP contribution in [-0.2, 0) is 11.3 Å². The SMILES string of the molecule is O=C1N([C@H](c2ccc(F)cc2F)C(F)(F)F)C(=O)C2(CC2)N1Cc1nnc(-c2ccc(F)c(O)c2F)s1. The smallest absolute Gasteiger partial charge is 0.413 e. The van der Waals surface area contributed by atoms with E-state index < -0.39 is 70.8 Å². The number of hydrogen-bond donors (Lipinski definition) is 1. The second-order valence-electron chi connectivity index (χ2n) is 8.44. The molecule has 194 valence electrons. The highest BCUT2D eigenvalue weighted by molar-refractivity contribution is 7.14. The number of carbonyl (C=O) groups is 2. The minimum atomic E-state index is -5.28. The first-order valence-electron chi connectivity index (χ1n) is 10.5. The van der Waals surface area contributed by atoms with E-state index >= 15 is 0 Å². The van der Waals surface area contributed by atoms with Crippen molar-refractivity contribution >= 4 is 23.3 Å². The molecule has 2 aliphatic rings. The van der Waals surface area contributed by atoms with E-state index in [0.29, 0.717) is 23.5 Å². The number of carbonyl (C=O) groups excluding carboxylic acids is 2. The molecule has 7 nitrogen and oxygen atoms in total. The summed E-state index contributed by atoms with van der Waals surface area (Å²) in [6.07, 6.45) is -5.21. The molecule has 3 aromatic rings. The Labute approximate surface area is 206 Å². The highest BCUT2D eigenvalue weighted by Gasteiger charge is 2.68. The van der Waals surface area contributed by atoms with Crippen LogP contribution in [0.15, 0.2) is 30.3 Å². The van der Waals surface area contributed by atoms with E-state index in [1.54, 1.807) is 0 Å². The van der Waals surface area contributed by atoms with Crippen LogP contribution in [0, 0.1) is 23.3 Å². The lowest BCUT2D eigenvalue weighted by Crippen LogP contribution is -2.43. The van der Waals surface area contributed by atoms with Crippen molar-refractivity contribution in [3.05, 3.63) is 64.2 Å². The Kier molecular flexibility index (Phi) is 5.65. The Morgan fingerprint density at radius 2 is 1.73 bits per heavy atom. The van der Waals surface area contributed by atoms with Gasteiger partial charge in [-0.25, -0.2) is 27.3 Å². The summed E-state index contributed by atoms with van der Waals surface area (Å²) in [4.78, 5) is 27.1. The van der Waals surface area contributed by atoms with Gasteiger partial charge in [-0.2, -0.15) is 13.2 Å².